The molecule has 1 atom stereocenters. The van der Waals surface area contributed by atoms with Crippen LogP contribution in [0, 0.1) is 6.92 Å². The number of Topliss-reactive ketones (excluding diaryl/α,β-unsaturated/α-hetero) is 1. The smallest absolute Gasteiger partial charge is 0.191 e. The van der Waals surface area contributed by atoms with Gasteiger partial charge in [-0.2, -0.15) is 0 Å². The zero-order valence-electron chi connectivity index (χ0n) is 10.9. The summed E-state index contributed by atoms with van der Waals surface area (Å²) in [6.45, 7) is 3.73. The number of nitrogens with zero attached hydrogens (tertiary/aromatic N) is 3. The van der Waals surface area contributed by atoms with Crippen molar-refractivity contribution in [3.8, 4) is 0 Å². The Balaban J connectivity index is 2.14. The third-order valence-electron chi connectivity index (χ3n) is 2.81. The average molecular weight is 296 g/mol. The highest BCUT2D eigenvalue weighted by Gasteiger charge is 2.19. The molecule has 4 nitrogen and oxygen atoms in total. The summed E-state index contributed by atoms with van der Waals surface area (Å²) in [5.41, 5.74) is 0.617. The highest BCUT2D eigenvalue weighted by Crippen LogP contribution is 2.24. The molecule has 1 aromatic carbocycles. The first-order chi connectivity index (χ1) is 8.99. The third-order valence-corrected chi connectivity index (χ3v) is 4.18. The number of halogens is 1. The molecule has 0 saturated heterocycles. The van der Waals surface area contributed by atoms with Crippen LogP contribution >= 0.6 is 23.4 Å². The fraction of sp³-hybridized carbons (Fsp3) is 0.308. The summed E-state index contributed by atoms with van der Waals surface area (Å²) in [7, 11) is 1.88. The molecule has 0 fully saturated rings. The van der Waals surface area contributed by atoms with E-state index in [2.05, 4.69) is 10.2 Å². The van der Waals surface area contributed by atoms with Gasteiger partial charge in [0.15, 0.2) is 10.9 Å². The monoisotopic (exact) mass is 295 g/mol. The molecule has 0 spiro atoms. The minimum atomic E-state index is -0.235. The van der Waals surface area contributed by atoms with E-state index in [1.54, 1.807) is 24.3 Å². The van der Waals surface area contributed by atoms with E-state index in [9.17, 15) is 4.79 Å². The van der Waals surface area contributed by atoms with Crippen molar-refractivity contribution in [3.63, 3.8) is 0 Å². The van der Waals surface area contributed by atoms with Crippen molar-refractivity contribution in [1.29, 1.82) is 0 Å². The second-order valence-corrected chi connectivity index (χ2v) is 5.97. The molecule has 2 rings (SSSR count). The average Bonchev–Trinajstić information content (AvgIpc) is 2.70. The molecule has 2 aromatic rings. The Morgan fingerprint density at radius 1 is 1.42 bits per heavy atom. The summed E-state index contributed by atoms with van der Waals surface area (Å²) in [5.74, 6) is 0.859. The van der Waals surface area contributed by atoms with Gasteiger partial charge in [0.2, 0.25) is 0 Å². The number of carbonyl (C=O) groups excluding carboxylic acids is 1. The highest BCUT2D eigenvalue weighted by atomic mass is 35.5. The molecule has 1 heterocycles. The molecule has 0 N–H and O–H groups in total. The van der Waals surface area contributed by atoms with Crippen molar-refractivity contribution in [3.05, 3.63) is 40.7 Å². The van der Waals surface area contributed by atoms with Crippen LogP contribution in [0.3, 0.4) is 0 Å². The van der Waals surface area contributed by atoms with Crippen LogP contribution < -0.4 is 0 Å². The molecule has 0 aliphatic rings. The SMILES string of the molecule is Cc1nnc(S[C@H](C)C(=O)c2cccc(Cl)c2)n1C. The lowest BCUT2D eigenvalue weighted by atomic mass is 10.1. The second-order valence-electron chi connectivity index (χ2n) is 4.22. The van der Waals surface area contributed by atoms with Gasteiger partial charge in [-0.3, -0.25) is 4.79 Å². The van der Waals surface area contributed by atoms with Gasteiger partial charge in [0.1, 0.15) is 5.82 Å². The predicted molar refractivity (Wildman–Crippen MR) is 76.8 cm³/mol. The van der Waals surface area contributed by atoms with E-state index in [1.165, 1.54) is 11.8 Å². The molecule has 0 amide bonds. The number of carbonyl (C=O) groups is 1. The van der Waals surface area contributed by atoms with Gasteiger partial charge < -0.3 is 4.57 Å². The molecule has 0 unspecified atom stereocenters. The van der Waals surface area contributed by atoms with E-state index in [-0.39, 0.29) is 11.0 Å². The summed E-state index contributed by atoms with van der Waals surface area (Å²) in [6, 6.07) is 6.98. The first kappa shape index (κ1) is 14.1. The molecule has 0 aliphatic carbocycles. The van der Waals surface area contributed by atoms with Gasteiger partial charge in [-0.25, -0.2) is 0 Å². The molecule has 6 heteroatoms. The van der Waals surface area contributed by atoms with E-state index in [4.69, 9.17) is 11.6 Å². The largest absolute Gasteiger partial charge is 0.309 e. The predicted octanol–water partition coefficient (Wildman–Crippen LogP) is 3.14. The van der Waals surface area contributed by atoms with E-state index in [0.717, 1.165) is 11.0 Å². The van der Waals surface area contributed by atoms with Crippen molar-refractivity contribution >= 4 is 29.1 Å². The molecule has 0 radical (unpaired) electrons. The number of hydrogen-bond acceptors (Lipinski definition) is 4. The summed E-state index contributed by atoms with van der Waals surface area (Å²) in [5, 5.41) is 9.09. The van der Waals surface area contributed by atoms with Crippen LogP contribution in [0.2, 0.25) is 5.02 Å². The zero-order valence-corrected chi connectivity index (χ0v) is 12.5. The quantitative estimate of drug-likeness (QED) is 0.642. The Morgan fingerprint density at radius 3 is 2.74 bits per heavy atom. The zero-order chi connectivity index (χ0) is 14.0. The molecule has 1 aromatic heterocycles. The van der Waals surface area contributed by atoms with Crippen LogP contribution in [-0.4, -0.2) is 25.8 Å². The minimum absolute atomic E-state index is 0.0353. The van der Waals surface area contributed by atoms with Crippen molar-refractivity contribution in [2.75, 3.05) is 0 Å². The molecule has 0 aliphatic heterocycles. The van der Waals surface area contributed by atoms with Crippen LogP contribution in [0.1, 0.15) is 23.1 Å². The summed E-state index contributed by atoms with van der Waals surface area (Å²) in [6.07, 6.45) is 0. The van der Waals surface area contributed by atoms with Crippen LogP contribution in [-0.2, 0) is 7.05 Å². The van der Waals surface area contributed by atoms with Crippen LogP contribution in [0.4, 0.5) is 0 Å². The van der Waals surface area contributed by atoms with Gasteiger partial charge in [0, 0.05) is 17.6 Å². The maximum Gasteiger partial charge on any atom is 0.191 e. The maximum atomic E-state index is 12.3. The molecule has 19 heavy (non-hydrogen) atoms. The van der Waals surface area contributed by atoms with Crippen LogP contribution in [0.15, 0.2) is 29.4 Å². The van der Waals surface area contributed by atoms with Gasteiger partial charge in [0.05, 0.1) is 5.25 Å². The standard InChI is InChI=1S/C13H14ClN3OS/c1-8(19-13-16-15-9(2)17(13)3)12(18)10-5-4-6-11(14)7-10/h4-8H,1-3H3/t8-/m1/s1. The minimum Gasteiger partial charge on any atom is -0.309 e. The Bertz CT molecular complexity index is 612. The lowest BCUT2D eigenvalue weighted by molar-refractivity contribution is 0.0994. The number of rotatable bonds is 4. The summed E-state index contributed by atoms with van der Waals surface area (Å²) < 4.78 is 1.87. The van der Waals surface area contributed by atoms with Crippen molar-refractivity contribution in [2.45, 2.75) is 24.3 Å². The number of hydrogen-bond donors (Lipinski definition) is 0. The Hall–Kier alpha value is -1.33. The molecule has 0 saturated carbocycles. The number of aromatic nitrogens is 3. The molecular formula is C13H14ClN3OS. The number of ketones is 1. The van der Waals surface area contributed by atoms with Gasteiger partial charge in [-0.05, 0) is 26.0 Å². The van der Waals surface area contributed by atoms with Crippen LogP contribution in [0.5, 0.6) is 0 Å². The van der Waals surface area contributed by atoms with Gasteiger partial charge in [-0.1, -0.05) is 35.5 Å². The second kappa shape index (κ2) is 5.75. The van der Waals surface area contributed by atoms with Gasteiger partial charge in [0.25, 0.3) is 0 Å². The van der Waals surface area contributed by atoms with Gasteiger partial charge >= 0.3 is 0 Å². The Labute approximate surface area is 121 Å². The van der Waals surface area contributed by atoms with Crippen molar-refractivity contribution in [2.24, 2.45) is 7.05 Å². The number of thioether (sulfide) groups is 1. The van der Waals surface area contributed by atoms with Crippen molar-refractivity contribution < 1.29 is 4.79 Å². The fourth-order valence-electron chi connectivity index (χ4n) is 1.58. The first-order valence-corrected chi connectivity index (χ1v) is 7.07. The molecular weight excluding hydrogens is 282 g/mol. The lowest BCUT2D eigenvalue weighted by Gasteiger charge is -2.09. The summed E-state index contributed by atoms with van der Waals surface area (Å²) in [4.78, 5) is 12.3. The topological polar surface area (TPSA) is 47.8 Å². The third kappa shape index (κ3) is 3.16. The summed E-state index contributed by atoms with van der Waals surface area (Å²) >= 11 is 7.29. The fourth-order valence-corrected chi connectivity index (χ4v) is 2.71. The number of benzene rings is 1. The maximum absolute atomic E-state index is 12.3. The normalized spacial score (nSPS) is 12.4. The highest BCUT2D eigenvalue weighted by molar-refractivity contribution is 8.00. The van der Waals surface area contributed by atoms with Crippen molar-refractivity contribution in [1.82, 2.24) is 14.8 Å². The first-order valence-electron chi connectivity index (χ1n) is 5.81. The Morgan fingerprint density at radius 2 is 2.16 bits per heavy atom. The molecule has 0 bridgehead atoms. The lowest BCUT2D eigenvalue weighted by Crippen LogP contribution is -2.14. The van der Waals surface area contributed by atoms with E-state index in [0.29, 0.717) is 10.6 Å². The molecule has 100 valence electrons. The Kier molecular flexibility index (Phi) is 4.27. The van der Waals surface area contributed by atoms with Gasteiger partial charge in [-0.15, -0.1) is 10.2 Å². The van der Waals surface area contributed by atoms with E-state index in [1.807, 2.05) is 25.5 Å². The van der Waals surface area contributed by atoms with E-state index >= 15 is 0 Å². The van der Waals surface area contributed by atoms with E-state index < -0.39 is 0 Å². The van der Waals surface area contributed by atoms with Crippen LogP contribution in [0.25, 0.3) is 0 Å². The number of aryl methyl sites for hydroxylation is 1.